The Morgan fingerprint density at radius 2 is 1.59 bits per heavy atom. The van der Waals surface area contributed by atoms with Gasteiger partial charge in [0.2, 0.25) is 0 Å². The van der Waals surface area contributed by atoms with Gasteiger partial charge < -0.3 is 4.74 Å². The summed E-state index contributed by atoms with van der Waals surface area (Å²) in [6, 6.07) is 0. The number of carbonyl (C=O) groups excluding carboxylic acids is 1. The number of unbranched alkanes of at least 4 members (excludes halogenated alkanes) is 6. The zero-order valence-corrected chi connectivity index (χ0v) is 13.9. The van der Waals surface area contributed by atoms with Crippen molar-refractivity contribution in [3.8, 4) is 0 Å². The average molecular weight is 372 g/mol. The first kappa shape index (κ1) is 17.4. The minimum atomic E-state index is -0.121. The van der Waals surface area contributed by atoms with Crippen LogP contribution in [-0.4, -0.2) is 22.7 Å². The fourth-order valence-electron chi connectivity index (χ4n) is 1.65. The van der Waals surface area contributed by atoms with Gasteiger partial charge >= 0.3 is 5.97 Å². The number of halogens is 2. The van der Waals surface area contributed by atoms with Gasteiger partial charge in [0.1, 0.15) is 4.83 Å². The Bertz CT molecular complexity index is 186. The third kappa shape index (κ3) is 11.3. The highest BCUT2D eigenvalue weighted by Crippen LogP contribution is 2.15. The van der Waals surface area contributed by atoms with Crippen molar-refractivity contribution in [2.75, 3.05) is 11.9 Å². The molecule has 1 atom stereocenters. The van der Waals surface area contributed by atoms with Gasteiger partial charge in [0.25, 0.3) is 0 Å². The van der Waals surface area contributed by atoms with Crippen LogP contribution in [-0.2, 0) is 9.53 Å². The molecule has 1 unspecified atom stereocenters. The largest absolute Gasteiger partial charge is 0.465 e. The molecule has 2 nitrogen and oxygen atoms in total. The highest BCUT2D eigenvalue weighted by atomic mass is 79.9. The number of carbonyl (C=O) groups is 1. The minimum Gasteiger partial charge on any atom is -0.465 e. The molecule has 0 saturated carbocycles. The van der Waals surface area contributed by atoms with Crippen LogP contribution in [0.3, 0.4) is 0 Å². The normalized spacial score (nSPS) is 12.4. The van der Waals surface area contributed by atoms with E-state index < -0.39 is 0 Å². The Morgan fingerprint density at radius 3 is 2.12 bits per heavy atom. The molecule has 0 heterocycles. The van der Waals surface area contributed by atoms with E-state index in [-0.39, 0.29) is 10.8 Å². The van der Waals surface area contributed by atoms with Gasteiger partial charge in [0.05, 0.1) is 6.61 Å². The Labute approximate surface area is 122 Å². The van der Waals surface area contributed by atoms with E-state index in [9.17, 15) is 4.79 Å². The van der Waals surface area contributed by atoms with Crippen LogP contribution in [0.1, 0.15) is 58.3 Å². The van der Waals surface area contributed by atoms with Gasteiger partial charge in [0.15, 0.2) is 0 Å². The van der Waals surface area contributed by atoms with Crippen LogP contribution in [0.25, 0.3) is 0 Å². The number of esters is 1. The van der Waals surface area contributed by atoms with Crippen LogP contribution in [0.4, 0.5) is 0 Å². The highest BCUT2D eigenvalue weighted by molar-refractivity contribution is 9.10. The maximum atomic E-state index is 11.3. The van der Waals surface area contributed by atoms with Crippen LogP contribution in [0.15, 0.2) is 0 Å². The monoisotopic (exact) mass is 370 g/mol. The molecule has 0 aliphatic rings. The Balaban J connectivity index is 3.24. The number of alkyl halides is 2. The van der Waals surface area contributed by atoms with E-state index in [1.54, 1.807) is 0 Å². The summed E-state index contributed by atoms with van der Waals surface area (Å²) in [4.78, 5) is 11.2. The zero-order valence-electron chi connectivity index (χ0n) is 10.7. The van der Waals surface area contributed by atoms with Crippen molar-refractivity contribution in [2.45, 2.75) is 63.1 Å². The molecule has 102 valence electrons. The average Bonchev–Trinajstić information content (AvgIpc) is 2.32. The van der Waals surface area contributed by atoms with Gasteiger partial charge in [-0.2, -0.15) is 0 Å². The molecule has 0 aromatic heterocycles. The Hall–Kier alpha value is 0.430. The summed E-state index contributed by atoms with van der Waals surface area (Å²) in [5, 5.41) is 1.12. The minimum absolute atomic E-state index is 0.115. The fraction of sp³-hybridized carbons (Fsp3) is 0.923. The maximum Gasteiger partial charge on any atom is 0.319 e. The smallest absolute Gasteiger partial charge is 0.319 e. The predicted octanol–water partition coefficient (Wildman–Crippen LogP) is 4.83. The SMILES string of the molecule is CCOC(=O)C(Br)CCCCCCCCCBr. The van der Waals surface area contributed by atoms with Crippen molar-refractivity contribution in [2.24, 2.45) is 0 Å². The first-order valence-corrected chi connectivity index (χ1v) is 8.62. The van der Waals surface area contributed by atoms with E-state index in [0.29, 0.717) is 6.61 Å². The van der Waals surface area contributed by atoms with Crippen molar-refractivity contribution in [1.29, 1.82) is 0 Å². The molecule has 0 aliphatic carbocycles. The summed E-state index contributed by atoms with van der Waals surface area (Å²) in [5.41, 5.74) is 0. The quantitative estimate of drug-likeness (QED) is 0.295. The van der Waals surface area contributed by atoms with Gasteiger partial charge in [-0.25, -0.2) is 0 Å². The summed E-state index contributed by atoms with van der Waals surface area (Å²) >= 11 is 6.80. The van der Waals surface area contributed by atoms with Crippen LogP contribution in [0, 0.1) is 0 Å². The molecule has 0 amide bonds. The predicted molar refractivity (Wildman–Crippen MR) is 80.1 cm³/mol. The third-order valence-corrected chi connectivity index (χ3v) is 4.03. The second-order valence-corrected chi connectivity index (χ2v) is 6.07. The second kappa shape index (κ2) is 12.9. The van der Waals surface area contributed by atoms with Crippen molar-refractivity contribution < 1.29 is 9.53 Å². The lowest BCUT2D eigenvalue weighted by Gasteiger charge is -2.08. The van der Waals surface area contributed by atoms with Crippen LogP contribution < -0.4 is 0 Å². The van der Waals surface area contributed by atoms with Crippen molar-refractivity contribution in [1.82, 2.24) is 0 Å². The summed E-state index contributed by atoms with van der Waals surface area (Å²) in [6.45, 7) is 2.30. The van der Waals surface area contributed by atoms with E-state index in [1.165, 1.54) is 38.5 Å². The molecular weight excluding hydrogens is 348 g/mol. The van der Waals surface area contributed by atoms with Crippen LogP contribution in [0.5, 0.6) is 0 Å². The summed E-state index contributed by atoms with van der Waals surface area (Å²) in [5.74, 6) is -0.121. The number of hydrogen-bond acceptors (Lipinski definition) is 2. The Morgan fingerprint density at radius 1 is 1.06 bits per heavy atom. The summed E-state index contributed by atoms with van der Waals surface area (Å²) in [6.07, 6.45) is 9.76. The fourth-order valence-corrected chi connectivity index (χ4v) is 2.50. The van der Waals surface area contributed by atoms with Gasteiger partial charge in [-0.1, -0.05) is 70.4 Å². The Kier molecular flexibility index (Phi) is 13.2. The van der Waals surface area contributed by atoms with Gasteiger partial charge in [-0.15, -0.1) is 0 Å². The molecule has 0 aromatic carbocycles. The summed E-state index contributed by atoms with van der Waals surface area (Å²) in [7, 11) is 0. The standard InChI is InChI=1S/C13H24Br2O2/c1-2-17-13(16)12(15)10-8-6-4-3-5-7-9-11-14/h12H,2-11H2,1H3. The van der Waals surface area contributed by atoms with Gasteiger partial charge in [-0.05, 0) is 19.8 Å². The lowest BCUT2D eigenvalue weighted by molar-refractivity contribution is -0.142. The number of ether oxygens (including phenoxy) is 1. The molecule has 0 N–H and O–H groups in total. The number of rotatable bonds is 11. The van der Waals surface area contributed by atoms with Crippen molar-refractivity contribution >= 4 is 37.8 Å². The molecule has 0 radical (unpaired) electrons. The maximum absolute atomic E-state index is 11.3. The van der Waals surface area contributed by atoms with E-state index in [0.717, 1.165) is 18.2 Å². The molecule has 0 aromatic rings. The van der Waals surface area contributed by atoms with Gasteiger partial charge in [-0.3, -0.25) is 4.79 Å². The molecule has 0 rings (SSSR count). The lowest BCUT2D eigenvalue weighted by Crippen LogP contribution is -2.17. The summed E-state index contributed by atoms with van der Waals surface area (Å²) < 4.78 is 4.94. The topological polar surface area (TPSA) is 26.3 Å². The number of hydrogen-bond donors (Lipinski definition) is 0. The first-order chi connectivity index (χ1) is 8.22. The molecule has 4 heteroatoms. The molecule has 0 spiro atoms. The van der Waals surface area contributed by atoms with Crippen LogP contribution in [0.2, 0.25) is 0 Å². The highest BCUT2D eigenvalue weighted by Gasteiger charge is 2.14. The van der Waals surface area contributed by atoms with E-state index >= 15 is 0 Å². The molecular formula is C13H24Br2O2. The van der Waals surface area contributed by atoms with Crippen molar-refractivity contribution in [3.63, 3.8) is 0 Å². The van der Waals surface area contributed by atoms with Crippen LogP contribution >= 0.6 is 31.9 Å². The molecule has 0 aliphatic heterocycles. The second-order valence-electron chi connectivity index (χ2n) is 4.17. The third-order valence-electron chi connectivity index (χ3n) is 2.63. The van der Waals surface area contributed by atoms with Gasteiger partial charge in [0, 0.05) is 5.33 Å². The molecule has 0 saturated heterocycles. The van der Waals surface area contributed by atoms with E-state index in [4.69, 9.17) is 4.74 Å². The zero-order chi connectivity index (χ0) is 12.9. The lowest BCUT2D eigenvalue weighted by atomic mass is 10.1. The molecule has 0 bridgehead atoms. The molecule has 17 heavy (non-hydrogen) atoms. The van der Waals surface area contributed by atoms with Crippen molar-refractivity contribution in [3.05, 3.63) is 0 Å². The first-order valence-electron chi connectivity index (χ1n) is 6.59. The van der Waals surface area contributed by atoms with E-state index in [1.807, 2.05) is 6.92 Å². The van der Waals surface area contributed by atoms with E-state index in [2.05, 4.69) is 31.9 Å². The molecule has 0 fully saturated rings.